The minimum Gasteiger partial charge on any atom is -0.314 e. The lowest BCUT2D eigenvalue weighted by atomic mass is 9.99. The van der Waals surface area contributed by atoms with E-state index in [0.29, 0.717) is 0 Å². The topological polar surface area (TPSA) is 18.5 Å². The van der Waals surface area contributed by atoms with Gasteiger partial charge in [-0.3, -0.25) is 4.90 Å². The van der Waals surface area contributed by atoms with Gasteiger partial charge in [-0.05, 0) is 25.9 Å². The molecule has 0 aromatic rings. The van der Waals surface area contributed by atoms with Gasteiger partial charge < -0.3 is 10.2 Å². The van der Waals surface area contributed by atoms with E-state index in [1.54, 1.807) is 0 Å². The van der Waals surface area contributed by atoms with Crippen LogP contribution in [0.2, 0.25) is 0 Å². The number of nitrogens with one attached hydrogen (secondary N) is 1. The SMILES string of the molecule is C=C(CN1CCNCC1)C1CCN(C)C1. The average molecular weight is 209 g/mol. The maximum absolute atomic E-state index is 4.28. The quantitative estimate of drug-likeness (QED) is 0.679. The molecule has 0 amide bonds. The first kappa shape index (κ1) is 11.1. The van der Waals surface area contributed by atoms with Crippen LogP contribution < -0.4 is 5.32 Å². The lowest BCUT2D eigenvalue weighted by molar-refractivity contribution is 0.252. The summed E-state index contributed by atoms with van der Waals surface area (Å²) in [6, 6.07) is 0. The third-order valence-electron chi connectivity index (χ3n) is 3.61. The van der Waals surface area contributed by atoms with Crippen LogP contribution in [-0.2, 0) is 0 Å². The van der Waals surface area contributed by atoms with Crippen LogP contribution in [0.25, 0.3) is 0 Å². The largest absolute Gasteiger partial charge is 0.314 e. The summed E-state index contributed by atoms with van der Waals surface area (Å²) in [7, 11) is 2.21. The molecule has 0 aliphatic carbocycles. The van der Waals surface area contributed by atoms with Crippen molar-refractivity contribution < 1.29 is 0 Å². The zero-order valence-electron chi connectivity index (χ0n) is 9.84. The number of hydrogen-bond donors (Lipinski definition) is 1. The van der Waals surface area contributed by atoms with Gasteiger partial charge >= 0.3 is 0 Å². The molecule has 1 atom stereocenters. The summed E-state index contributed by atoms with van der Waals surface area (Å²) in [5, 5.41) is 3.38. The predicted octanol–water partition coefficient (Wildman–Crippen LogP) is 0.400. The summed E-state index contributed by atoms with van der Waals surface area (Å²) >= 11 is 0. The number of nitrogens with zero attached hydrogens (tertiary/aromatic N) is 2. The second-order valence-electron chi connectivity index (χ2n) is 4.93. The van der Waals surface area contributed by atoms with E-state index in [9.17, 15) is 0 Å². The number of piperazine rings is 1. The molecular weight excluding hydrogens is 186 g/mol. The average Bonchev–Trinajstić information content (AvgIpc) is 2.66. The van der Waals surface area contributed by atoms with Crippen molar-refractivity contribution in [2.45, 2.75) is 6.42 Å². The van der Waals surface area contributed by atoms with Gasteiger partial charge in [-0.1, -0.05) is 12.2 Å². The monoisotopic (exact) mass is 209 g/mol. The molecule has 1 unspecified atom stereocenters. The zero-order chi connectivity index (χ0) is 10.7. The molecule has 0 saturated carbocycles. The maximum Gasteiger partial charge on any atom is 0.0194 e. The Morgan fingerprint density at radius 1 is 1.33 bits per heavy atom. The van der Waals surface area contributed by atoms with Crippen molar-refractivity contribution in [2.75, 3.05) is 52.9 Å². The van der Waals surface area contributed by atoms with Crippen LogP contribution in [0.5, 0.6) is 0 Å². The van der Waals surface area contributed by atoms with Gasteiger partial charge in [0, 0.05) is 39.3 Å². The molecule has 2 aliphatic rings. The van der Waals surface area contributed by atoms with Gasteiger partial charge in [0.15, 0.2) is 0 Å². The normalized spacial score (nSPS) is 29.5. The summed E-state index contributed by atoms with van der Waals surface area (Å²) in [6.07, 6.45) is 1.31. The summed E-state index contributed by atoms with van der Waals surface area (Å²) in [4.78, 5) is 4.94. The van der Waals surface area contributed by atoms with Crippen LogP contribution in [0, 0.1) is 5.92 Å². The molecule has 1 N–H and O–H groups in total. The number of rotatable bonds is 3. The first-order valence-corrected chi connectivity index (χ1v) is 6.05. The van der Waals surface area contributed by atoms with Crippen LogP contribution in [0.1, 0.15) is 6.42 Å². The first-order chi connectivity index (χ1) is 7.25. The summed E-state index contributed by atoms with van der Waals surface area (Å²) < 4.78 is 0. The Kier molecular flexibility index (Phi) is 3.78. The minimum atomic E-state index is 0.741. The van der Waals surface area contributed by atoms with Crippen molar-refractivity contribution in [3.05, 3.63) is 12.2 Å². The Bertz CT molecular complexity index is 221. The molecular formula is C12H23N3. The fourth-order valence-corrected chi connectivity index (χ4v) is 2.55. The fraction of sp³-hybridized carbons (Fsp3) is 0.833. The molecule has 2 saturated heterocycles. The van der Waals surface area contributed by atoms with Crippen molar-refractivity contribution in [3.63, 3.8) is 0 Å². The highest BCUT2D eigenvalue weighted by atomic mass is 15.2. The van der Waals surface area contributed by atoms with E-state index in [4.69, 9.17) is 0 Å². The smallest absolute Gasteiger partial charge is 0.0194 e. The van der Waals surface area contributed by atoms with Crippen molar-refractivity contribution in [3.8, 4) is 0 Å². The highest BCUT2D eigenvalue weighted by Gasteiger charge is 2.23. The van der Waals surface area contributed by atoms with E-state index in [2.05, 4.69) is 28.7 Å². The Balaban J connectivity index is 1.76. The zero-order valence-corrected chi connectivity index (χ0v) is 9.84. The lowest BCUT2D eigenvalue weighted by Crippen LogP contribution is -2.44. The lowest BCUT2D eigenvalue weighted by Gasteiger charge is -2.29. The highest BCUT2D eigenvalue weighted by Crippen LogP contribution is 2.22. The van der Waals surface area contributed by atoms with Crippen LogP contribution in [0.3, 0.4) is 0 Å². The van der Waals surface area contributed by atoms with Crippen LogP contribution in [-0.4, -0.2) is 62.7 Å². The van der Waals surface area contributed by atoms with Crippen LogP contribution in [0.15, 0.2) is 12.2 Å². The Morgan fingerprint density at radius 3 is 2.67 bits per heavy atom. The number of likely N-dealkylation sites (tertiary alicyclic amines) is 1. The predicted molar refractivity (Wildman–Crippen MR) is 64.1 cm³/mol. The molecule has 2 aliphatic heterocycles. The minimum absolute atomic E-state index is 0.741. The fourth-order valence-electron chi connectivity index (χ4n) is 2.55. The van der Waals surface area contributed by atoms with Gasteiger partial charge in [-0.25, -0.2) is 0 Å². The molecule has 2 fully saturated rings. The summed E-state index contributed by atoms with van der Waals surface area (Å²) in [5.74, 6) is 0.741. The molecule has 15 heavy (non-hydrogen) atoms. The van der Waals surface area contributed by atoms with Crippen LogP contribution in [0.4, 0.5) is 0 Å². The standard InChI is InChI=1S/C12H23N3/c1-11(12-3-6-14(2)10-12)9-15-7-4-13-5-8-15/h12-13H,1,3-10H2,2H3. The molecule has 0 aromatic carbocycles. The molecule has 3 nitrogen and oxygen atoms in total. The molecule has 2 heterocycles. The molecule has 86 valence electrons. The van der Waals surface area contributed by atoms with Crippen molar-refractivity contribution in [1.29, 1.82) is 0 Å². The third-order valence-corrected chi connectivity index (χ3v) is 3.61. The van der Waals surface area contributed by atoms with Gasteiger partial charge in [0.25, 0.3) is 0 Å². The van der Waals surface area contributed by atoms with E-state index in [1.807, 2.05) is 0 Å². The molecule has 0 bridgehead atoms. The van der Waals surface area contributed by atoms with Gasteiger partial charge in [-0.15, -0.1) is 0 Å². The van der Waals surface area contributed by atoms with E-state index in [0.717, 1.165) is 25.6 Å². The summed E-state index contributed by atoms with van der Waals surface area (Å²) in [5.41, 5.74) is 1.45. The molecule has 0 radical (unpaired) electrons. The molecule has 2 rings (SSSR count). The highest BCUT2D eigenvalue weighted by molar-refractivity contribution is 5.06. The maximum atomic E-state index is 4.28. The van der Waals surface area contributed by atoms with Crippen molar-refractivity contribution in [1.82, 2.24) is 15.1 Å². The van der Waals surface area contributed by atoms with E-state index in [1.165, 1.54) is 38.2 Å². The third kappa shape index (κ3) is 3.03. The van der Waals surface area contributed by atoms with Gasteiger partial charge in [0.1, 0.15) is 0 Å². The second-order valence-corrected chi connectivity index (χ2v) is 4.93. The second kappa shape index (κ2) is 5.10. The molecule has 0 aromatic heterocycles. The Hall–Kier alpha value is -0.380. The van der Waals surface area contributed by atoms with Crippen molar-refractivity contribution >= 4 is 0 Å². The Labute approximate surface area is 93.1 Å². The van der Waals surface area contributed by atoms with E-state index < -0.39 is 0 Å². The molecule has 3 heteroatoms. The Morgan fingerprint density at radius 2 is 2.07 bits per heavy atom. The van der Waals surface area contributed by atoms with Crippen LogP contribution >= 0.6 is 0 Å². The summed E-state index contributed by atoms with van der Waals surface area (Å²) in [6.45, 7) is 12.5. The van der Waals surface area contributed by atoms with E-state index >= 15 is 0 Å². The van der Waals surface area contributed by atoms with Gasteiger partial charge in [-0.2, -0.15) is 0 Å². The molecule has 0 spiro atoms. The van der Waals surface area contributed by atoms with Crippen molar-refractivity contribution in [2.24, 2.45) is 5.92 Å². The van der Waals surface area contributed by atoms with E-state index in [-0.39, 0.29) is 0 Å². The van der Waals surface area contributed by atoms with Gasteiger partial charge in [0.2, 0.25) is 0 Å². The number of hydrogen-bond acceptors (Lipinski definition) is 3. The first-order valence-electron chi connectivity index (χ1n) is 6.05. The van der Waals surface area contributed by atoms with Gasteiger partial charge in [0.05, 0.1) is 0 Å².